The van der Waals surface area contributed by atoms with E-state index in [0.29, 0.717) is 23.8 Å². The maximum Gasteiger partial charge on any atom is 0.407 e. The molecule has 3 rings (SSSR count). The Morgan fingerprint density at radius 3 is 3.14 bits per heavy atom. The van der Waals surface area contributed by atoms with E-state index in [0.717, 1.165) is 4.98 Å². The van der Waals surface area contributed by atoms with Crippen LogP contribution in [0, 0.1) is 0 Å². The third-order valence-corrected chi connectivity index (χ3v) is 3.25. The quantitative estimate of drug-likeness (QED) is 0.886. The van der Waals surface area contributed by atoms with Crippen molar-refractivity contribution in [1.82, 2.24) is 15.2 Å². The molecule has 2 aromatic rings. The molecule has 1 aliphatic rings. The first kappa shape index (κ1) is 7.84. The lowest BCUT2D eigenvalue weighted by atomic mass is 10.0. The van der Waals surface area contributed by atoms with Crippen LogP contribution in [0.1, 0.15) is 18.0 Å². The average Bonchev–Trinajstić information content (AvgIpc) is 3.04. The van der Waals surface area contributed by atoms with Crippen molar-refractivity contribution in [2.24, 2.45) is 0 Å². The van der Waals surface area contributed by atoms with E-state index in [-0.39, 0.29) is 53.8 Å². The van der Waals surface area contributed by atoms with Gasteiger partial charge in [0.1, 0.15) is 6.61 Å². The fraction of sp³-hybridized carbons (Fsp3) is 0.438. The molecule has 1 atom stereocenters. The van der Waals surface area contributed by atoms with Crippen molar-refractivity contribution < 1.29 is 19.2 Å². The standard InChI is InChI=1S/C16H21N3O2/c1-19(2)6-5-12-9-17-15-4-3-11(8-14(12)15)7-13-10-21-16(20)18-13/h3-4,8-9,13,17H,5-7,10H2,1-2H3,(H,18,20)/t13-/m0/s1/i3D,4D,8D,9D,13D/hD2. The number of carbonyl (C=O) groups excluding carboxylic acids is 1. The summed E-state index contributed by atoms with van der Waals surface area (Å²) in [5.74, 6) is 0. The van der Waals surface area contributed by atoms with E-state index in [4.69, 9.17) is 14.4 Å². The van der Waals surface area contributed by atoms with Crippen molar-refractivity contribution in [1.29, 1.82) is 0 Å². The maximum atomic E-state index is 11.5. The Bertz CT molecular complexity index is 962. The third kappa shape index (κ3) is 3.19. The summed E-state index contributed by atoms with van der Waals surface area (Å²) in [6, 6.07) is -2.61. The number of nitrogens with one attached hydrogen (secondary N) is 2. The van der Waals surface area contributed by atoms with Gasteiger partial charge in [-0.1, -0.05) is 6.04 Å². The fourth-order valence-corrected chi connectivity index (χ4v) is 2.16. The van der Waals surface area contributed by atoms with Crippen LogP contribution >= 0.6 is 0 Å². The van der Waals surface area contributed by atoms with Crippen LogP contribution in [0.3, 0.4) is 0 Å². The molecule has 1 aromatic heterocycles. The smallest absolute Gasteiger partial charge is 0.407 e. The lowest BCUT2D eigenvalue weighted by molar-refractivity contribution is 0.177. The van der Waals surface area contributed by atoms with Gasteiger partial charge in [-0.15, -0.1) is 0 Å². The summed E-state index contributed by atoms with van der Waals surface area (Å²) in [7, 11) is 3.72. The van der Waals surface area contributed by atoms with Crippen molar-refractivity contribution >= 4 is 17.0 Å². The van der Waals surface area contributed by atoms with E-state index in [1.165, 1.54) is 0 Å². The Hall–Kier alpha value is -2.01. The van der Waals surface area contributed by atoms with Gasteiger partial charge < -0.3 is 19.9 Å². The number of rotatable bonds is 5. The molecule has 0 spiro atoms. The summed E-state index contributed by atoms with van der Waals surface area (Å²) >= 11 is 0. The number of hydrogen-bond donors (Lipinski definition) is 2. The number of H-pyrrole nitrogens is 1. The summed E-state index contributed by atoms with van der Waals surface area (Å²) < 4.78 is 62.3. The highest BCUT2D eigenvalue weighted by Gasteiger charge is 2.22. The normalized spacial score (nSPS) is 26.9. The van der Waals surface area contributed by atoms with E-state index in [1.54, 1.807) is 0 Å². The number of likely N-dealkylation sites (N-methyl/N-ethyl adjacent to an activating group) is 1. The summed E-state index contributed by atoms with van der Waals surface area (Å²) in [5.41, 5.74) is 0.469. The molecule has 5 nitrogen and oxygen atoms in total. The number of ether oxygens (including phenoxy) is 1. The summed E-state index contributed by atoms with van der Waals surface area (Å²) in [6.45, 7) is 0.192. The molecule has 0 aliphatic carbocycles. The van der Waals surface area contributed by atoms with Gasteiger partial charge in [-0.3, -0.25) is 0 Å². The van der Waals surface area contributed by atoms with Crippen LogP contribution in [0.5, 0.6) is 0 Å². The lowest BCUT2D eigenvalue weighted by Gasteiger charge is -2.09. The summed E-state index contributed by atoms with van der Waals surface area (Å²) in [5, 5.41) is 0.612. The highest BCUT2D eigenvalue weighted by molar-refractivity contribution is 5.84. The third-order valence-electron chi connectivity index (χ3n) is 3.25. The van der Waals surface area contributed by atoms with Crippen LogP contribution in [0.25, 0.3) is 10.9 Å². The number of hydrogen-bond acceptors (Lipinski definition) is 3. The molecule has 1 aliphatic heterocycles. The van der Waals surface area contributed by atoms with Gasteiger partial charge in [0.15, 0.2) is 2.82 Å². The number of nitrogens with zero attached hydrogens (tertiary/aromatic N) is 1. The van der Waals surface area contributed by atoms with E-state index >= 15 is 0 Å². The van der Waals surface area contributed by atoms with Gasteiger partial charge >= 0.3 is 6.09 Å². The first-order valence-electron chi connectivity index (χ1n) is 10.1. The van der Waals surface area contributed by atoms with E-state index < -0.39 is 12.1 Å². The summed E-state index contributed by atoms with van der Waals surface area (Å²) in [6.07, 6.45) is -1.06. The van der Waals surface area contributed by atoms with Crippen molar-refractivity contribution in [2.75, 3.05) is 27.2 Å². The second kappa shape index (κ2) is 5.77. The van der Waals surface area contributed by atoms with Crippen molar-refractivity contribution in [3.05, 3.63) is 35.4 Å². The lowest BCUT2D eigenvalue weighted by Crippen LogP contribution is -2.28. The van der Waals surface area contributed by atoms with Crippen LogP contribution < -0.4 is 5.31 Å². The molecule has 1 aromatic carbocycles. The van der Waals surface area contributed by atoms with Crippen molar-refractivity contribution in [3.8, 4) is 0 Å². The zero-order valence-electron chi connectivity index (χ0n) is 19.0. The number of aromatic amines is 1. The van der Waals surface area contributed by atoms with Gasteiger partial charge in [0, 0.05) is 23.6 Å². The zero-order valence-corrected chi connectivity index (χ0v) is 12.0. The summed E-state index contributed by atoms with van der Waals surface area (Å²) in [4.78, 5) is 14.1. The Balaban J connectivity index is 2.19. The molecule has 1 amide bonds. The molecule has 1 saturated heterocycles. The second-order valence-corrected chi connectivity index (χ2v) is 5.24. The minimum Gasteiger partial charge on any atom is -0.447 e. The van der Waals surface area contributed by atoms with E-state index in [9.17, 15) is 4.79 Å². The molecule has 0 radical (unpaired) electrons. The number of aromatic nitrogens is 1. The molecule has 2 heterocycles. The number of fused-ring (bicyclic) bond motifs is 1. The highest BCUT2D eigenvalue weighted by Crippen LogP contribution is 2.21. The van der Waals surface area contributed by atoms with Crippen LogP contribution in [-0.4, -0.2) is 49.2 Å². The number of cyclic esters (lactones) is 1. The van der Waals surface area contributed by atoms with Gasteiger partial charge in [-0.2, -0.15) is 0 Å². The monoisotopic (exact) mass is 294 g/mol. The molecule has 21 heavy (non-hydrogen) atoms. The van der Waals surface area contributed by atoms with Gasteiger partial charge in [-0.05, 0) is 50.1 Å². The molecule has 112 valence electrons. The van der Waals surface area contributed by atoms with Crippen LogP contribution in [0.4, 0.5) is 4.79 Å². The number of amides is 1. The van der Waals surface area contributed by atoms with E-state index in [1.807, 2.05) is 19.0 Å². The Morgan fingerprint density at radius 1 is 1.57 bits per heavy atom. The first-order chi connectivity index (χ1) is 13.0. The van der Waals surface area contributed by atoms with Crippen LogP contribution in [0.2, 0.25) is 2.82 Å². The average molecular weight is 294 g/mol. The van der Waals surface area contributed by atoms with Gasteiger partial charge in [0.25, 0.3) is 0 Å². The van der Waals surface area contributed by atoms with Gasteiger partial charge in [0.05, 0.1) is 12.9 Å². The molecule has 0 bridgehead atoms. The minimum absolute atomic E-state index is 0.0121. The van der Waals surface area contributed by atoms with Gasteiger partial charge in [0.2, 0.25) is 0 Å². The van der Waals surface area contributed by atoms with Crippen molar-refractivity contribution in [3.63, 3.8) is 0 Å². The molecule has 2 N–H and O–H groups in total. The predicted octanol–water partition coefficient (Wildman–Crippen LogP) is 1.92. The molecule has 5 heteroatoms. The second-order valence-electron chi connectivity index (χ2n) is 5.24. The largest absolute Gasteiger partial charge is 0.447 e. The molecule has 0 unspecified atom stereocenters. The predicted molar refractivity (Wildman–Crippen MR) is 82.5 cm³/mol. The SMILES string of the molecule is [2H]c1c(C[C@@]2([2H])COC(=O)N2[2H])c([2H])c2c(CCN(C)C)c([2H])n([2H])c2c1[2H]. The van der Waals surface area contributed by atoms with Gasteiger partial charge in [-0.25, -0.2) is 4.79 Å². The number of benzene rings is 1. The topological polar surface area (TPSA) is 57.4 Å². The van der Waals surface area contributed by atoms with Crippen LogP contribution in [0.15, 0.2) is 24.3 Å². The maximum absolute atomic E-state index is 11.5. The zero-order chi connectivity index (χ0) is 21.0. The Kier molecular flexibility index (Phi) is 2.16. The van der Waals surface area contributed by atoms with Crippen LogP contribution in [-0.2, 0) is 17.6 Å². The number of carbonyl (C=O) groups is 1. The molecule has 1 fully saturated rings. The Labute approximate surface area is 134 Å². The Morgan fingerprint density at radius 2 is 2.43 bits per heavy atom. The minimum atomic E-state index is -1.81. The highest BCUT2D eigenvalue weighted by atomic mass is 16.6. The molecule has 0 saturated carbocycles. The number of alkyl carbamates (subject to hydrolysis) is 1. The van der Waals surface area contributed by atoms with E-state index in [2.05, 4.69) is 0 Å². The first-order valence-corrected chi connectivity index (χ1v) is 6.72. The molecular weight excluding hydrogens is 266 g/mol. The van der Waals surface area contributed by atoms with Crippen molar-refractivity contribution in [2.45, 2.75) is 18.9 Å². The molecular formula is C16H21N3O2. The fourth-order valence-electron chi connectivity index (χ4n) is 2.16.